The highest BCUT2D eigenvalue weighted by atomic mass is 19.1. The lowest BCUT2D eigenvalue weighted by atomic mass is 10.0. The lowest BCUT2D eigenvalue weighted by Gasteiger charge is -2.21. The molecule has 0 fully saturated rings. The minimum Gasteiger partial charge on any atom is -0.428 e. The number of aromatic nitrogens is 2. The van der Waals surface area contributed by atoms with Crippen molar-refractivity contribution in [3.63, 3.8) is 0 Å². The van der Waals surface area contributed by atoms with E-state index in [1.807, 2.05) is 26.8 Å². The van der Waals surface area contributed by atoms with Crippen LogP contribution in [0.25, 0.3) is 11.4 Å². The van der Waals surface area contributed by atoms with Gasteiger partial charge in [0, 0.05) is 17.8 Å². The number of ether oxygens (including phenoxy) is 2. The monoisotopic (exact) mass is 480 g/mol. The van der Waals surface area contributed by atoms with Crippen LogP contribution in [-0.4, -0.2) is 21.3 Å². The third-order valence-corrected chi connectivity index (χ3v) is 5.31. The fourth-order valence-corrected chi connectivity index (χ4v) is 3.79. The van der Waals surface area contributed by atoms with Crippen molar-refractivity contribution in [2.24, 2.45) is 5.92 Å². The molecule has 0 atom stereocenters. The van der Waals surface area contributed by atoms with Gasteiger partial charge in [0.25, 0.3) is 5.56 Å². The maximum atomic E-state index is 13.7. The Kier molecular flexibility index (Phi) is 8.10. The number of hydrogen-bond acceptors (Lipinski definition) is 5. The molecule has 0 unspecified atom stereocenters. The minimum atomic E-state index is -0.841. The summed E-state index contributed by atoms with van der Waals surface area (Å²) in [6, 6.07) is 13.2. The van der Waals surface area contributed by atoms with Gasteiger partial charge in [-0.15, -0.1) is 0 Å². The van der Waals surface area contributed by atoms with E-state index in [1.54, 1.807) is 55.7 Å². The average Bonchev–Trinajstić information content (AvgIpc) is 2.75. The van der Waals surface area contributed by atoms with Gasteiger partial charge in [0.2, 0.25) is 0 Å². The Morgan fingerprint density at radius 2 is 1.83 bits per heavy atom. The number of benzene rings is 2. The van der Waals surface area contributed by atoms with E-state index in [9.17, 15) is 14.0 Å². The van der Waals surface area contributed by atoms with Gasteiger partial charge in [0.15, 0.2) is 0 Å². The lowest BCUT2D eigenvalue weighted by Crippen LogP contribution is -2.30. The number of halogens is 1. The molecule has 0 amide bonds. The van der Waals surface area contributed by atoms with E-state index in [2.05, 4.69) is 0 Å². The Bertz CT molecular complexity index is 1260. The van der Waals surface area contributed by atoms with Gasteiger partial charge in [-0.3, -0.25) is 9.36 Å². The van der Waals surface area contributed by atoms with Crippen LogP contribution in [0.4, 0.5) is 9.18 Å². The normalized spacial score (nSPS) is 11.5. The first-order valence-electron chi connectivity index (χ1n) is 11.8. The zero-order valence-corrected chi connectivity index (χ0v) is 21.2. The van der Waals surface area contributed by atoms with Crippen molar-refractivity contribution in [1.82, 2.24) is 9.55 Å². The van der Waals surface area contributed by atoms with Crippen molar-refractivity contribution >= 4 is 6.16 Å². The number of rotatable bonds is 7. The summed E-state index contributed by atoms with van der Waals surface area (Å²) in [5.74, 6) is 0.571. The quantitative estimate of drug-likeness (QED) is 0.301. The molecule has 1 heterocycles. The Labute approximate surface area is 205 Å². The summed E-state index contributed by atoms with van der Waals surface area (Å²) in [4.78, 5) is 30.8. The molecule has 35 heavy (non-hydrogen) atoms. The van der Waals surface area contributed by atoms with Gasteiger partial charge in [-0.05, 0) is 76.3 Å². The second-order valence-electron chi connectivity index (χ2n) is 10.00. The van der Waals surface area contributed by atoms with Crippen LogP contribution in [0.2, 0.25) is 0 Å². The van der Waals surface area contributed by atoms with E-state index in [1.165, 1.54) is 12.1 Å². The number of para-hydroxylation sites is 1. The molecule has 3 rings (SSSR count). The van der Waals surface area contributed by atoms with E-state index in [-0.39, 0.29) is 29.6 Å². The van der Waals surface area contributed by atoms with Gasteiger partial charge >= 0.3 is 6.16 Å². The lowest BCUT2D eigenvalue weighted by molar-refractivity contribution is 0.0207. The summed E-state index contributed by atoms with van der Waals surface area (Å²) in [6.45, 7) is 11.5. The molecule has 3 aromatic rings. The number of carbonyl (C=O) groups excluding carboxylic acids is 1. The minimum absolute atomic E-state index is 0.148. The van der Waals surface area contributed by atoms with Crippen LogP contribution in [0, 0.1) is 18.7 Å². The topological polar surface area (TPSA) is 70.4 Å². The van der Waals surface area contributed by atoms with Crippen LogP contribution < -0.4 is 10.3 Å². The molecule has 2 aromatic carbocycles. The zero-order chi connectivity index (χ0) is 25.8. The molecule has 0 saturated heterocycles. The molecule has 0 spiro atoms. The van der Waals surface area contributed by atoms with E-state index < -0.39 is 11.8 Å². The van der Waals surface area contributed by atoms with Crippen LogP contribution >= 0.6 is 0 Å². The molecule has 0 aliphatic heterocycles. The molecule has 0 N–H and O–H groups in total. The summed E-state index contributed by atoms with van der Waals surface area (Å²) < 4.78 is 26.1. The largest absolute Gasteiger partial charge is 0.514 e. The maximum absolute atomic E-state index is 13.7. The fourth-order valence-electron chi connectivity index (χ4n) is 3.79. The smallest absolute Gasteiger partial charge is 0.428 e. The second kappa shape index (κ2) is 10.8. The summed E-state index contributed by atoms with van der Waals surface area (Å²) in [5.41, 5.74) is 1.68. The fraction of sp³-hybridized carbons (Fsp3) is 0.393. The highest BCUT2D eigenvalue weighted by molar-refractivity contribution is 5.72. The van der Waals surface area contributed by atoms with Gasteiger partial charge in [-0.25, -0.2) is 14.2 Å². The van der Waals surface area contributed by atoms with Crippen molar-refractivity contribution in [2.75, 3.05) is 0 Å². The first-order valence-corrected chi connectivity index (χ1v) is 11.8. The second-order valence-corrected chi connectivity index (χ2v) is 10.00. The maximum Gasteiger partial charge on any atom is 0.514 e. The van der Waals surface area contributed by atoms with E-state index in [0.717, 1.165) is 5.56 Å². The van der Waals surface area contributed by atoms with Gasteiger partial charge < -0.3 is 9.47 Å². The van der Waals surface area contributed by atoms with Crippen LogP contribution in [0.3, 0.4) is 0 Å². The Morgan fingerprint density at radius 1 is 1.11 bits per heavy atom. The zero-order valence-electron chi connectivity index (χ0n) is 21.2. The summed E-state index contributed by atoms with van der Waals surface area (Å²) in [7, 11) is 0. The standard InChI is InChI=1S/C28H33FN2O4/c1-18(2)16-23-19(3)30-25(31(26(23)32)15-14-20-10-9-11-21(29)17-20)22-12-7-8-13-24(22)34-27(33)35-28(4,5)6/h7-13,17-18H,14-16H2,1-6H3. The summed E-state index contributed by atoms with van der Waals surface area (Å²) in [5, 5.41) is 0. The Morgan fingerprint density at radius 3 is 2.49 bits per heavy atom. The predicted molar refractivity (Wildman–Crippen MR) is 134 cm³/mol. The van der Waals surface area contributed by atoms with Crippen molar-refractivity contribution in [2.45, 2.75) is 66.5 Å². The third-order valence-electron chi connectivity index (χ3n) is 5.31. The molecule has 1 aromatic heterocycles. The number of hydrogen-bond donors (Lipinski definition) is 0. The van der Waals surface area contributed by atoms with Gasteiger partial charge in [0.1, 0.15) is 23.0 Å². The highest BCUT2D eigenvalue weighted by Gasteiger charge is 2.22. The summed E-state index contributed by atoms with van der Waals surface area (Å²) in [6.07, 6.45) is 0.186. The SMILES string of the molecule is Cc1nc(-c2ccccc2OC(=O)OC(C)(C)C)n(CCc2cccc(F)c2)c(=O)c1CC(C)C. The van der Waals surface area contributed by atoms with Crippen LogP contribution in [0.1, 0.15) is 51.4 Å². The molecule has 0 saturated carbocycles. The van der Waals surface area contributed by atoms with Crippen molar-refractivity contribution in [3.8, 4) is 17.1 Å². The van der Waals surface area contributed by atoms with Crippen molar-refractivity contribution < 1.29 is 18.7 Å². The van der Waals surface area contributed by atoms with Crippen molar-refractivity contribution in [3.05, 3.63) is 81.5 Å². The Hall–Kier alpha value is -3.48. The predicted octanol–water partition coefficient (Wildman–Crippen LogP) is 6.11. The van der Waals surface area contributed by atoms with Gasteiger partial charge in [-0.2, -0.15) is 0 Å². The van der Waals surface area contributed by atoms with E-state index in [4.69, 9.17) is 14.5 Å². The molecule has 0 aliphatic rings. The first-order chi connectivity index (χ1) is 16.4. The molecule has 6 nitrogen and oxygen atoms in total. The van der Waals surface area contributed by atoms with E-state index >= 15 is 0 Å². The Balaban J connectivity index is 2.09. The number of carbonyl (C=O) groups is 1. The molecule has 0 bridgehead atoms. The van der Waals surface area contributed by atoms with Crippen LogP contribution in [-0.2, 0) is 24.1 Å². The van der Waals surface area contributed by atoms with Crippen LogP contribution in [0.15, 0.2) is 53.3 Å². The van der Waals surface area contributed by atoms with Gasteiger partial charge in [-0.1, -0.05) is 38.1 Å². The number of aryl methyl sites for hydroxylation is 2. The molecule has 7 heteroatoms. The van der Waals surface area contributed by atoms with Gasteiger partial charge in [0.05, 0.1) is 5.56 Å². The number of nitrogens with zero attached hydrogens (tertiary/aromatic N) is 2. The summed E-state index contributed by atoms with van der Waals surface area (Å²) >= 11 is 0. The average molecular weight is 481 g/mol. The first kappa shape index (κ1) is 26.1. The molecule has 0 radical (unpaired) electrons. The third kappa shape index (κ3) is 7.01. The molecular formula is C28H33FN2O4. The molecular weight excluding hydrogens is 447 g/mol. The molecule has 0 aliphatic carbocycles. The molecule has 186 valence electrons. The highest BCUT2D eigenvalue weighted by Crippen LogP contribution is 2.30. The van der Waals surface area contributed by atoms with Crippen molar-refractivity contribution in [1.29, 1.82) is 0 Å². The van der Waals surface area contributed by atoms with E-state index in [0.29, 0.717) is 35.5 Å². The van der Waals surface area contributed by atoms with Crippen LogP contribution in [0.5, 0.6) is 5.75 Å².